The quantitative estimate of drug-likeness (QED) is 0.807. The predicted molar refractivity (Wildman–Crippen MR) is 81.1 cm³/mol. The molecule has 3 N–H and O–H groups in total. The molecule has 0 radical (unpaired) electrons. The summed E-state index contributed by atoms with van der Waals surface area (Å²) in [4.78, 5) is 0.366. The Bertz CT molecular complexity index is 424. The summed E-state index contributed by atoms with van der Waals surface area (Å²) in [6.07, 6.45) is 5.22. The van der Waals surface area contributed by atoms with Crippen molar-refractivity contribution < 1.29 is 0 Å². The number of nitrogens with zero attached hydrogens (tertiary/aromatic N) is 2. The maximum absolute atomic E-state index is 5.68. The highest BCUT2D eigenvalue weighted by Crippen LogP contribution is 2.31. The largest absolute Gasteiger partial charge is 0.389 e. The fourth-order valence-electron chi connectivity index (χ4n) is 2.29. The van der Waals surface area contributed by atoms with Crippen molar-refractivity contribution >= 4 is 34.8 Å². The molecule has 18 heavy (non-hydrogen) atoms. The summed E-state index contributed by atoms with van der Waals surface area (Å²) >= 11 is 7.06. The lowest BCUT2D eigenvalue weighted by Crippen LogP contribution is -2.21. The molecule has 1 aliphatic carbocycles. The Balaban J connectivity index is 2.00. The van der Waals surface area contributed by atoms with Crippen LogP contribution in [0.5, 0.6) is 0 Å². The van der Waals surface area contributed by atoms with Crippen molar-refractivity contribution in [3.05, 3.63) is 17.8 Å². The van der Waals surface area contributed by atoms with E-state index in [1.165, 1.54) is 25.0 Å². The van der Waals surface area contributed by atoms with Crippen molar-refractivity contribution in [1.82, 2.24) is 10.2 Å². The van der Waals surface area contributed by atoms with Crippen LogP contribution in [0.3, 0.4) is 0 Å². The topological polar surface area (TPSA) is 63.8 Å². The van der Waals surface area contributed by atoms with Gasteiger partial charge in [-0.15, -0.1) is 5.10 Å². The number of thioether (sulfide) groups is 1. The van der Waals surface area contributed by atoms with Gasteiger partial charge >= 0.3 is 0 Å². The molecule has 1 aliphatic rings. The van der Waals surface area contributed by atoms with Gasteiger partial charge in [-0.3, -0.25) is 0 Å². The van der Waals surface area contributed by atoms with Crippen LogP contribution in [0.15, 0.2) is 12.3 Å². The van der Waals surface area contributed by atoms with Gasteiger partial charge in [-0.05, 0) is 31.1 Å². The van der Waals surface area contributed by atoms with Gasteiger partial charge < -0.3 is 11.1 Å². The Kier molecular flexibility index (Phi) is 4.77. The van der Waals surface area contributed by atoms with E-state index in [-0.39, 0.29) is 0 Å². The lowest BCUT2D eigenvalue weighted by atomic mass is 10.2. The average Bonchev–Trinajstić information content (AvgIpc) is 2.77. The highest BCUT2D eigenvalue weighted by Gasteiger charge is 2.25. The molecule has 2 atom stereocenters. The van der Waals surface area contributed by atoms with Crippen molar-refractivity contribution in [2.24, 2.45) is 5.73 Å². The van der Waals surface area contributed by atoms with E-state index in [0.29, 0.717) is 11.0 Å². The molecule has 6 heteroatoms. The second-order valence-corrected chi connectivity index (χ2v) is 6.41. The third kappa shape index (κ3) is 3.32. The third-order valence-electron chi connectivity index (χ3n) is 3.11. The summed E-state index contributed by atoms with van der Waals surface area (Å²) in [6, 6.07) is 2.27. The normalized spacial score (nSPS) is 22.9. The molecule has 2 unspecified atom stereocenters. The van der Waals surface area contributed by atoms with Crippen LogP contribution in [-0.2, 0) is 0 Å². The minimum Gasteiger partial charge on any atom is -0.389 e. The van der Waals surface area contributed by atoms with Crippen LogP contribution in [0.1, 0.15) is 31.7 Å². The van der Waals surface area contributed by atoms with E-state index in [1.54, 1.807) is 6.20 Å². The summed E-state index contributed by atoms with van der Waals surface area (Å²) in [7, 11) is 0. The summed E-state index contributed by atoms with van der Waals surface area (Å²) in [5.41, 5.74) is 6.47. The number of hydrogen-bond acceptors (Lipinski definition) is 5. The molecule has 1 fully saturated rings. The number of thiocarbonyl (C=S) groups is 1. The second kappa shape index (κ2) is 6.33. The number of nitrogens with two attached hydrogens (primary N) is 1. The number of anilines is 1. The van der Waals surface area contributed by atoms with Crippen molar-refractivity contribution in [2.45, 2.75) is 37.5 Å². The van der Waals surface area contributed by atoms with Crippen LogP contribution in [0, 0.1) is 0 Å². The maximum atomic E-state index is 5.68. The highest BCUT2D eigenvalue weighted by atomic mass is 32.2. The maximum Gasteiger partial charge on any atom is 0.159 e. The number of nitrogens with one attached hydrogen (secondary N) is 1. The lowest BCUT2D eigenvalue weighted by molar-refractivity contribution is 0.747. The number of aromatic nitrogens is 2. The molecule has 4 nitrogen and oxygen atoms in total. The summed E-state index contributed by atoms with van der Waals surface area (Å²) < 4.78 is 0. The predicted octanol–water partition coefficient (Wildman–Crippen LogP) is 2.20. The van der Waals surface area contributed by atoms with E-state index in [1.807, 2.05) is 17.8 Å². The molecule has 98 valence electrons. The molecule has 0 spiro atoms. The van der Waals surface area contributed by atoms with Crippen molar-refractivity contribution in [1.29, 1.82) is 0 Å². The smallest absolute Gasteiger partial charge is 0.159 e. The fourth-order valence-corrected chi connectivity index (χ4v) is 3.60. The van der Waals surface area contributed by atoms with Crippen LogP contribution in [0.25, 0.3) is 0 Å². The molecule has 0 amide bonds. The molecule has 1 heterocycles. The van der Waals surface area contributed by atoms with E-state index in [9.17, 15) is 0 Å². The van der Waals surface area contributed by atoms with Crippen molar-refractivity contribution in [3.8, 4) is 0 Å². The van der Waals surface area contributed by atoms with Crippen molar-refractivity contribution in [3.63, 3.8) is 0 Å². The first-order valence-electron chi connectivity index (χ1n) is 6.20. The van der Waals surface area contributed by atoms with Gasteiger partial charge in [0.25, 0.3) is 0 Å². The zero-order valence-electron chi connectivity index (χ0n) is 10.4. The SMILES string of the molecule is CCSC1CCC(Nc2nnccc2C(N)=S)C1. The highest BCUT2D eigenvalue weighted by molar-refractivity contribution is 7.99. The van der Waals surface area contributed by atoms with Crippen LogP contribution in [-0.4, -0.2) is 32.2 Å². The number of rotatable bonds is 5. The first-order valence-corrected chi connectivity index (χ1v) is 7.66. The molecule has 1 aromatic heterocycles. The van der Waals surface area contributed by atoms with Gasteiger partial charge in [0.05, 0.1) is 11.8 Å². The lowest BCUT2D eigenvalue weighted by Gasteiger charge is -2.15. The Morgan fingerprint density at radius 1 is 1.61 bits per heavy atom. The average molecular weight is 282 g/mol. The van der Waals surface area contributed by atoms with E-state index >= 15 is 0 Å². The van der Waals surface area contributed by atoms with Gasteiger partial charge in [0, 0.05) is 11.3 Å². The molecular formula is C12H18N4S2. The van der Waals surface area contributed by atoms with Crippen LogP contribution < -0.4 is 11.1 Å². The van der Waals surface area contributed by atoms with Gasteiger partial charge in [0.1, 0.15) is 4.99 Å². The van der Waals surface area contributed by atoms with Crippen LogP contribution in [0.2, 0.25) is 0 Å². The minimum atomic E-state index is 0.366. The molecule has 0 aromatic carbocycles. The Hall–Kier alpha value is -0.880. The molecule has 2 rings (SSSR count). The summed E-state index contributed by atoms with van der Waals surface area (Å²) in [6.45, 7) is 2.21. The fraction of sp³-hybridized carbons (Fsp3) is 0.583. The van der Waals surface area contributed by atoms with E-state index in [0.717, 1.165) is 16.6 Å². The minimum absolute atomic E-state index is 0.366. The third-order valence-corrected chi connectivity index (χ3v) is 4.57. The molecular weight excluding hydrogens is 264 g/mol. The second-order valence-electron chi connectivity index (χ2n) is 4.39. The Morgan fingerprint density at radius 2 is 2.44 bits per heavy atom. The Labute approximate surface area is 117 Å². The number of hydrogen-bond donors (Lipinski definition) is 2. The van der Waals surface area contributed by atoms with Gasteiger partial charge in [-0.25, -0.2) is 0 Å². The summed E-state index contributed by atoms with van der Waals surface area (Å²) in [5, 5.41) is 12.2. The van der Waals surface area contributed by atoms with E-state index in [4.69, 9.17) is 18.0 Å². The molecule has 0 bridgehead atoms. The standard InChI is InChI=1S/C12H18N4S2/c1-2-18-9-4-3-8(7-9)15-12-10(11(13)17)5-6-14-16-12/h5-6,8-9H,2-4,7H2,1H3,(H2,13,17)(H,15,16). The zero-order valence-corrected chi connectivity index (χ0v) is 12.1. The van der Waals surface area contributed by atoms with Gasteiger partial charge in [0.15, 0.2) is 5.82 Å². The van der Waals surface area contributed by atoms with Crippen LogP contribution in [0.4, 0.5) is 5.82 Å². The molecule has 0 aliphatic heterocycles. The Morgan fingerprint density at radius 3 is 3.17 bits per heavy atom. The monoisotopic (exact) mass is 282 g/mol. The summed E-state index contributed by atoms with van der Waals surface area (Å²) in [5.74, 6) is 1.90. The van der Waals surface area contributed by atoms with Gasteiger partial charge in [0.2, 0.25) is 0 Å². The van der Waals surface area contributed by atoms with Gasteiger partial charge in [-0.2, -0.15) is 16.9 Å². The first-order chi connectivity index (χ1) is 8.70. The van der Waals surface area contributed by atoms with Gasteiger partial charge in [-0.1, -0.05) is 19.1 Å². The van der Waals surface area contributed by atoms with E-state index in [2.05, 4.69) is 22.4 Å². The van der Waals surface area contributed by atoms with Crippen LogP contribution >= 0.6 is 24.0 Å². The first kappa shape index (κ1) is 13.5. The molecule has 1 aromatic rings. The van der Waals surface area contributed by atoms with Crippen molar-refractivity contribution in [2.75, 3.05) is 11.1 Å². The molecule has 1 saturated carbocycles. The zero-order chi connectivity index (χ0) is 13.0. The molecule has 0 saturated heterocycles. The van der Waals surface area contributed by atoms with E-state index < -0.39 is 0 Å².